The number of hydrogen-bond acceptors (Lipinski definition) is 7. The molecule has 0 fully saturated rings. The lowest BCUT2D eigenvalue weighted by Crippen LogP contribution is -2.12. The number of carbonyl (C=O) groups is 1. The molecule has 0 saturated carbocycles. The van der Waals surface area contributed by atoms with E-state index in [0.717, 1.165) is 10.6 Å². The van der Waals surface area contributed by atoms with Gasteiger partial charge in [-0.15, -0.1) is 16.4 Å². The van der Waals surface area contributed by atoms with Gasteiger partial charge in [-0.25, -0.2) is 4.98 Å². The molecule has 1 amide bonds. The number of amides is 1. The third kappa shape index (κ3) is 3.17. The van der Waals surface area contributed by atoms with Crippen molar-refractivity contribution in [3.8, 4) is 22.8 Å². The van der Waals surface area contributed by atoms with Crippen LogP contribution in [0.1, 0.15) is 15.5 Å². The van der Waals surface area contributed by atoms with Gasteiger partial charge in [0, 0.05) is 10.9 Å². The fourth-order valence-corrected chi connectivity index (χ4v) is 2.78. The highest BCUT2D eigenvalue weighted by Gasteiger charge is 2.16. The van der Waals surface area contributed by atoms with Crippen molar-refractivity contribution in [2.24, 2.45) is 0 Å². The van der Waals surface area contributed by atoms with Gasteiger partial charge in [-0.1, -0.05) is 35.4 Å². The first-order chi connectivity index (χ1) is 12.2. The molecule has 0 atom stereocenters. The van der Waals surface area contributed by atoms with Crippen LogP contribution in [0.25, 0.3) is 22.8 Å². The number of carbonyl (C=O) groups excluding carboxylic acids is 1. The van der Waals surface area contributed by atoms with Crippen LogP contribution >= 0.6 is 11.3 Å². The van der Waals surface area contributed by atoms with Crippen molar-refractivity contribution in [3.05, 3.63) is 52.5 Å². The number of aromatic nitrogens is 5. The average Bonchev–Trinajstić information content (AvgIpc) is 3.35. The predicted molar refractivity (Wildman–Crippen MR) is 92.1 cm³/mol. The van der Waals surface area contributed by atoms with Crippen LogP contribution in [0.15, 0.2) is 46.2 Å². The molecule has 9 heteroatoms. The van der Waals surface area contributed by atoms with E-state index in [1.54, 1.807) is 6.07 Å². The summed E-state index contributed by atoms with van der Waals surface area (Å²) in [6.07, 6.45) is 0. The second kappa shape index (κ2) is 6.29. The molecular weight excluding hydrogens is 340 g/mol. The lowest BCUT2D eigenvalue weighted by Gasteiger charge is -1.96. The van der Waals surface area contributed by atoms with Gasteiger partial charge in [-0.3, -0.25) is 15.2 Å². The van der Waals surface area contributed by atoms with Gasteiger partial charge in [0.2, 0.25) is 0 Å². The van der Waals surface area contributed by atoms with E-state index in [4.69, 9.17) is 4.42 Å². The minimum Gasteiger partial charge on any atom is -0.401 e. The first kappa shape index (κ1) is 15.2. The minimum atomic E-state index is -0.417. The zero-order valence-electron chi connectivity index (χ0n) is 13.1. The van der Waals surface area contributed by atoms with Crippen LogP contribution in [0, 0.1) is 6.92 Å². The van der Waals surface area contributed by atoms with Gasteiger partial charge >= 0.3 is 6.01 Å². The highest BCUT2D eigenvalue weighted by molar-refractivity contribution is 7.09. The van der Waals surface area contributed by atoms with Gasteiger partial charge in [-0.2, -0.15) is 5.10 Å². The SMILES string of the molecule is Cc1nc(-c2nnc(NC(=O)c3cc(-c4ccccc4)n[nH]3)o2)cs1. The molecule has 1 aromatic carbocycles. The average molecular weight is 352 g/mol. The maximum Gasteiger partial charge on any atom is 0.322 e. The monoisotopic (exact) mass is 352 g/mol. The van der Waals surface area contributed by atoms with E-state index in [1.165, 1.54) is 11.3 Å². The van der Waals surface area contributed by atoms with Gasteiger partial charge < -0.3 is 4.42 Å². The van der Waals surface area contributed by atoms with Crippen LogP contribution in [-0.4, -0.2) is 31.3 Å². The number of nitrogens with one attached hydrogen (secondary N) is 2. The molecule has 0 radical (unpaired) electrons. The van der Waals surface area contributed by atoms with Crippen LogP contribution in [0.5, 0.6) is 0 Å². The van der Waals surface area contributed by atoms with E-state index < -0.39 is 5.91 Å². The molecule has 124 valence electrons. The third-order valence-corrected chi connectivity index (χ3v) is 4.15. The molecule has 0 aliphatic heterocycles. The van der Waals surface area contributed by atoms with Gasteiger partial charge in [0.05, 0.1) is 10.7 Å². The molecule has 3 heterocycles. The second-order valence-corrected chi connectivity index (χ2v) is 6.21. The molecule has 3 aromatic heterocycles. The Labute approximate surface area is 146 Å². The quantitative estimate of drug-likeness (QED) is 0.584. The summed E-state index contributed by atoms with van der Waals surface area (Å²) in [4.78, 5) is 16.5. The van der Waals surface area contributed by atoms with E-state index in [1.807, 2.05) is 42.6 Å². The van der Waals surface area contributed by atoms with Crippen LogP contribution in [0.3, 0.4) is 0 Å². The van der Waals surface area contributed by atoms with E-state index in [0.29, 0.717) is 17.1 Å². The van der Waals surface area contributed by atoms with Crippen LogP contribution in [0.4, 0.5) is 6.01 Å². The van der Waals surface area contributed by atoms with Crippen molar-refractivity contribution in [3.63, 3.8) is 0 Å². The van der Waals surface area contributed by atoms with Crippen molar-refractivity contribution < 1.29 is 9.21 Å². The van der Waals surface area contributed by atoms with Gasteiger partial charge in [-0.05, 0) is 13.0 Å². The Hall–Kier alpha value is -3.33. The van der Waals surface area contributed by atoms with Crippen LogP contribution in [-0.2, 0) is 0 Å². The molecule has 0 bridgehead atoms. The fourth-order valence-electron chi connectivity index (χ4n) is 2.20. The zero-order valence-corrected chi connectivity index (χ0v) is 13.9. The zero-order chi connectivity index (χ0) is 17.2. The van der Waals surface area contributed by atoms with E-state index in [9.17, 15) is 4.79 Å². The summed E-state index contributed by atoms with van der Waals surface area (Å²) >= 11 is 1.48. The minimum absolute atomic E-state index is 0.00140. The maximum absolute atomic E-state index is 12.3. The first-order valence-corrected chi connectivity index (χ1v) is 8.25. The van der Waals surface area contributed by atoms with Crippen molar-refractivity contribution in [2.75, 3.05) is 5.32 Å². The lowest BCUT2D eigenvalue weighted by molar-refractivity contribution is 0.101. The number of benzene rings is 1. The number of nitrogens with zero attached hydrogens (tertiary/aromatic N) is 4. The van der Waals surface area contributed by atoms with Crippen LogP contribution < -0.4 is 5.32 Å². The summed E-state index contributed by atoms with van der Waals surface area (Å²) in [5.41, 5.74) is 2.47. The van der Waals surface area contributed by atoms with Crippen molar-refractivity contribution in [2.45, 2.75) is 6.92 Å². The first-order valence-electron chi connectivity index (χ1n) is 7.37. The number of rotatable bonds is 4. The Morgan fingerprint density at radius 3 is 2.80 bits per heavy atom. The summed E-state index contributed by atoms with van der Waals surface area (Å²) in [6, 6.07) is 11.2. The Balaban J connectivity index is 1.49. The highest BCUT2D eigenvalue weighted by Crippen LogP contribution is 2.22. The molecule has 0 spiro atoms. The van der Waals surface area contributed by atoms with Crippen LogP contribution in [0.2, 0.25) is 0 Å². The molecule has 2 N–H and O–H groups in total. The number of hydrogen-bond donors (Lipinski definition) is 2. The number of thiazole rings is 1. The van der Waals surface area contributed by atoms with Gasteiger partial charge in [0.1, 0.15) is 11.4 Å². The van der Waals surface area contributed by atoms with Crippen molar-refractivity contribution in [1.29, 1.82) is 0 Å². The maximum atomic E-state index is 12.3. The standard InChI is InChI=1S/C16H12N6O2S/c1-9-17-13(8-25-9)15-21-22-16(24-15)18-14(23)12-7-11(19-20-12)10-5-3-2-4-6-10/h2-8H,1H3,(H,19,20)(H,18,22,23). The molecule has 0 unspecified atom stereocenters. The predicted octanol–water partition coefficient (Wildman–Crippen LogP) is 3.14. The molecule has 8 nitrogen and oxygen atoms in total. The smallest absolute Gasteiger partial charge is 0.322 e. The normalized spacial score (nSPS) is 10.8. The van der Waals surface area contributed by atoms with E-state index in [2.05, 4.69) is 30.7 Å². The largest absolute Gasteiger partial charge is 0.401 e. The van der Waals surface area contributed by atoms with E-state index in [-0.39, 0.29) is 11.9 Å². The van der Waals surface area contributed by atoms with Gasteiger partial charge in [0.15, 0.2) is 0 Å². The Morgan fingerprint density at radius 1 is 1.20 bits per heavy atom. The molecule has 0 aliphatic carbocycles. The summed E-state index contributed by atoms with van der Waals surface area (Å²) < 4.78 is 5.42. The summed E-state index contributed by atoms with van der Waals surface area (Å²) in [5, 5.41) is 19.8. The number of H-pyrrole nitrogens is 1. The summed E-state index contributed by atoms with van der Waals surface area (Å²) in [6.45, 7) is 1.88. The summed E-state index contributed by atoms with van der Waals surface area (Å²) in [5.74, 6) is -0.159. The number of aromatic amines is 1. The van der Waals surface area contributed by atoms with Crippen molar-refractivity contribution in [1.82, 2.24) is 25.4 Å². The van der Waals surface area contributed by atoms with Crippen molar-refractivity contribution >= 4 is 23.3 Å². The Bertz CT molecular complexity index is 1020. The molecule has 4 rings (SSSR count). The third-order valence-electron chi connectivity index (χ3n) is 3.38. The lowest BCUT2D eigenvalue weighted by atomic mass is 10.1. The molecule has 0 aliphatic rings. The number of aryl methyl sites for hydroxylation is 1. The van der Waals surface area contributed by atoms with Gasteiger partial charge in [0.25, 0.3) is 11.8 Å². The molecule has 4 aromatic rings. The molecule has 0 saturated heterocycles. The molecular formula is C16H12N6O2S. The highest BCUT2D eigenvalue weighted by atomic mass is 32.1. The number of anilines is 1. The van der Waals surface area contributed by atoms with E-state index >= 15 is 0 Å². The fraction of sp³-hybridized carbons (Fsp3) is 0.0625. The summed E-state index contributed by atoms with van der Waals surface area (Å²) in [7, 11) is 0. The topological polar surface area (TPSA) is 110 Å². The Kier molecular flexibility index (Phi) is 3.82. The second-order valence-electron chi connectivity index (χ2n) is 5.15. The Morgan fingerprint density at radius 2 is 2.04 bits per heavy atom. The molecule has 25 heavy (non-hydrogen) atoms.